The molecule has 0 atom stereocenters. The van der Waals surface area contributed by atoms with Gasteiger partial charge in [-0.15, -0.1) is 0 Å². The van der Waals surface area contributed by atoms with E-state index >= 15 is 0 Å². The van der Waals surface area contributed by atoms with Crippen molar-refractivity contribution in [3.8, 4) is 0 Å². The molecule has 2 aliphatic rings. The lowest BCUT2D eigenvalue weighted by Crippen LogP contribution is -2.49. The summed E-state index contributed by atoms with van der Waals surface area (Å²) in [7, 11) is -3.49. The predicted molar refractivity (Wildman–Crippen MR) is 108 cm³/mol. The van der Waals surface area contributed by atoms with Crippen LogP contribution < -0.4 is 0 Å². The summed E-state index contributed by atoms with van der Waals surface area (Å²) in [5.74, 6) is 0.0494. The molecule has 1 aromatic heterocycles. The number of hydrogen-bond acceptors (Lipinski definition) is 5. The fourth-order valence-corrected chi connectivity index (χ4v) is 5.49. The Kier molecular flexibility index (Phi) is 6.14. The smallest absolute Gasteiger partial charge is 0.282 e. The van der Waals surface area contributed by atoms with Crippen LogP contribution in [0.15, 0.2) is 30.6 Å². The third-order valence-electron chi connectivity index (χ3n) is 5.52. The Morgan fingerprint density at radius 1 is 1.00 bits per heavy atom. The van der Waals surface area contributed by atoms with Crippen molar-refractivity contribution in [2.45, 2.75) is 19.4 Å². The Hall–Kier alpha value is -2.01. The summed E-state index contributed by atoms with van der Waals surface area (Å²) in [5, 5.41) is 0. The van der Waals surface area contributed by atoms with E-state index < -0.39 is 10.2 Å². The number of aromatic nitrogens is 2. The Bertz CT molecular complexity index is 954. The molecule has 0 saturated carbocycles. The number of aryl methyl sites for hydroxylation is 1. The molecule has 10 heteroatoms. The SMILES string of the molecule is O=C(CCn1cnc2ccccc21)N1CCCN(S(=O)(=O)N2CCOCC2)CC1. The van der Waals surface area contributed by atoms with Gasteiger partial charge in [0, 0.05) is 52.2 Å². The molecular formula is C19H27N5O4S. The normalized spacial score (nSPS) is 20.1. The molecule has 2 aliphatic heterocycles. The Balaban J connectivity index is 1.33. The fourth-order valence-electron chi connectivity index (χ4n) is 3.88. The van der Waals surface area contributed by atoms with Gasteiger partial charge < -0.3 is 14.2 Å². The minimum Gasteiger partial charge on any atom is -0.379 e. The summed E-state index contributed by atoms with van der Waals surface area (Å²) in [4.78, 5) is 18.9. The molecule has 29 heavy (non-hydrogen) atoms. The third kappa shape index (κ3) is 4.45. The minimum atomic E-state index is -3.49. The van der Waals surface area contributed by atoms with Crippen LogP contribution in [-0.2, 0) is 26.3 Å². The second-order valence-corrected chi connectivity index (χ2v) is 9.26. The van der Waals surface area contributed by atoms with Crippen LogP contribution in [-0.4, -0.2) is 89.9 Å². The topological polar surface area (TPSA) is 88.0 Å². The van der Waals surface area contributed by atoms with Gasteiger partial charge in [-0.2, -0.15) is 17.0 Å². The summed E-state index contributed by atoms with van der Waals surface area (Å²) < 4.78 is 36.0. The first-order valence-corrected chi connectivity index (χ1v) is 11.5. The predicted octanol–water partition coefficient (Wildman–Crippen LogP) is 0.538. The number of para-hydroxylation sites is 2. The van der Waals surface area contributed by atoms with Gasteiger partial charge in [0.05, 0.1) is 30.6 Å². The van der Waals surface area contributed by atoms with Crippen molar-refractivity contribution in [1.82, 2.24) is 23.1 Å². The van der Waals surface area contributed by atoms with E-state index in [0.717, 1.165) is 11.0 Å². The quantitative estimate of drug-likeness (QED) is 0.703. The van der Waals surface area contributed by atoms with Gasteiger partial charge in [0.15, 0.2) is 0 Å². The van der Waals surface area contributed by atoms with Crippen LogP contribution in [0.1, 0.15) is 12.8 Å². The lowest BCUT2D eigenvalue weighted by Gasteiger charge is -2.31. The zero-order chi connectivity index (χ0) is 20.3. The van der Waals surface area contributed by atoms with Crippen LogP contribution in [0.5, 0.6) is 0 Å². The molecule has 2 fully saturated rings. The number of hydrogen-bond donors (Lipinski definition) is 0. The van der Waals surface area contributed by atoms with E-state index in [2.05, 4.69) is 4.98 Å². The molecule has 0 aliphatic carbocycles. The van der Waals surface area contributed by atoms with Gasteiger partial charge in [0.2, 0.25) is 5.91 Å². The molecule has 0 N–H and O–H groups in total. The molecule has 2 aromatic rings. The number of nitrogens with zero attached hydrogens (tertiary/aromatic N) is 5. The number of amides is 1. The van der Waals surface area contributed by atoms with Crippen LogP contribution in [0.4, 0.5) is 0 Å². The number of benzene rings is 1. The Labute approximate surface area is 171 Å². The summed E-state index contributed by atoms with van der Waals surface area (Å²) in [6.45, 7) is 3.98. The lowest BCUT2D eigenvalue weighted by atomic mass is 10.3. The third-order valence-corrected chi connectivity index (χ3v) is 7.56. The summed E-state index contributed by atoms with van der Waals surface area (Å²) in [6.07, 6.45) is 2.77. The van der Waals surface area contributed by atoms with Gasteiger partial charge in [0.25, 0.3) is 10.2 Å². The van der Waals surface area contributed by atoms with Gasteiger partial charge in [-0.1, -0.05) is 12.1 Å². The number of carbonyl (C=O) groups excluding carboxylic acids is 1. The lowest BCUT2D eigenvalue weighted by molar-refractivity contribution is -0.131. The van der Waals surface area contributed by atoms with Crippen LogP contribution in [0, 0.1) is 0 Å². The number of imidazole rings is 1. The van der Waals surface area contributed by atoms with Crippen molar-refractivity contribution >= 4 is 27.1 Å². The first-order valence-electron chi connectivity index (χ1n) is 10.1. The second-order valence-electron chi connectivity index (χ2n) is 7.33. The zero-order valence-corrected chi connectivity index (χ0v) is 17.3. The van der Waals surface area contributed by atoms with Crippen LogP contribution in [0.2, 0.25) is 0 Å². The van der Waals surface area contributed by atoms with Crippen LogP contribution in [0.3, 0.4) is 0 Å². The van der Waals surface area contributed by atoms with E-state index in [4.69, 9.17) is 4.74 Å². The van der Waals surface area contributed by atoms with E-state index in [1.54, 1.807) is 11.2 Å². The summed E-state index contributed by atoms with van der Waals surface area (Å²) in [6, 6.07) is 7.85. The molecule has 4 rings (SSSR count). The molecular weight excluding hydrogens is 394 g/mol. The summed E-state index contributed by atoms with van der Waals surface area (Å²) >= 11 is 0. The zero-order valence-electron chi connectivity index (χ0n) is 16.4. The van der Waals surface area contributed by atoms with Crippen molar-refractivity contribution < 1.29 is 17.9 Å². The Morgan fingerprint density at radius 2 is 1.76 bits per heavy atom. The minimum absolute atomic E-state index is 0.0494. The first kappa shape index (κ1) is 20.3. The van der Waals surface area contributed by atoms with E-state index in [1.165, 1.54) is 8.61 Å². The van der Waals surface area contributed by atoms with Gasteiger partial charge in [0.1, 0.15) is 0 Å². The highest BCUT2D eigenvalue weighted by Gasteiger charge is 2.32. The van der Waals surface area contributed by atoms with Crippen molar-refractivity contribution in [2.75, 3.05) is 52.5 Å². The molecule has 3 heterocycles. The van der Waals surface area contributed by atoms with Gasteiger partial charge >= 0.3 is 0 Å². The van der Waals surface area contributed by atoms with E-state index in [9.17, 15) is 13.2 Å². The van der Waals surface area contributed by atoms with Crippen molar-refractivity contribution in [1.29, 1.82) is 0 Å². The maximum atomic E-state index is 12.9. The molecule has 0 radical (unpaired) electrons. The van der Waals surface area contributed by atoms with Crippen molar-refractivity contribution in [3.63, 3.8) is 0 Å². The maximum absolute atomic E-state index is 12.9. The van der Waals surface area contributed by atoms with Crippen molar-refractivity contribution in [3.05, 3.63) is 30.6 Å². The fraction of sp³-hybridized carbons (Fsp3) is 0.579. The number of morpholine rings is 1. The van der Waals surface area contributed by atoms with E-state index in [0.29, 0.717) is 71.9 Å². The van der Waals surface area contributed by atoms with Crippen LogP contribution >= 0.6 is 0 Å². The molecule has 2 saturated heterocycles. The molecule has 158 valence electrons. The average molecular weight is 422 g/mol. The van der Waals surface area contributed by atoms with Gasteiger partial charge in [-0.25, -0.2) is 4.98 Å². The standard InChI is InChI=1S/C19H27N5O4S/c25-19(6-9-22-16-20-17-4-1-2-5-18(17)22)21-7-3-8-23(11-10-21)29(26,27)24-12-14-28-15-13-24/h1-2,4-5,16H,3,6-15H2. The monoisotopic (exact) mass is 421 g/mol. The molecule has 0 unspecified atom stereocenters. The number of ether oxygens (including phenoxy) is 1. The number of rotatable bonds is 5. The number of carbonyl (C=O) groups is 1. The van der Waals surface area contributed by atoms with Crippen LogP contribution in [0.25, 0.3) is 11.0 Å². The first-order chi connectivity index (χ1) is 14.1. The molecule has 1 amide bonds. The van der Waals surface area contributed by atoms with Gasteiger partial charge in [-0.05, 0) is 18.6 Å². The maximum Gasteiger partial charge on any atom is 0.282 e. The number of fused-ring (bicyclic) bond motifs is 1. The molecule has 9 nitrogen and oxygen atoms in total. The van der Waals surface area contributed by atoms with E-state index in [1.807, 2.05) is 28.8 Å². The summed E-state index contributed by atoms with van der Waals surface area (Å²) in [5.41, 5.74) is 1.93. The highest BCUT2D eigenvalue weighted by molar-refractivity contribution is 7.86. The molecule has 0 bridgehead atoms. The second kappa shape index (κ2) is 8.78. The van der Waals surface area contributed by atoms with E-state index in [-0.39, 0.29) is 5.91 Å². The highest BCUT2D eigenvalue weighted by Crippen LogP contribution is 2.16. The molecule has 1 aromatic carbocycles. The average Bonchev–Trinajstić information content (AvgIpc) is 2.98. The molecule has 0 spiro atoms. The van der Waals surface area contributed by atoms with Gasteiger partial charge in [-0.3, -0.25) is 4.79 Å². The Morgan fingerprint density at radius 3 is 2.59 bits per heavy atom. The largest absolute Gasteiger partial charge is 0.379 e. The highest BCUT2D eigenvalue weighted by atomic mass is 32.2. The van der Waals surface area contributed by atoms with Crippen molar-refractivity contribution in [2.24, 2.45) is 0 Å².